The first kappa shape index (κ1) is 20.8. The van der Waals surface area contributed by atoms with Gasteiger partial charge in [0.15, 0.2) is 5.82 Å². The number of rotatable bonds is 4. The number of hydrogen-bond acceptors (Lipinski definition) is 7. The van der Waals surface area contributed by atoms with Crippen molar-refractivity contribution in [2.75, 3.05) is 18.4 Å². The van der Waals surface area contributed by atoms with Crippen LogP contribution in [0.1, 0.15) is 48.3 Å². The number of amides is 1. The van der Waals surface area contributed by atoms with Gasteiger partial charge in [-0.2, -0.15) is 4.68 Å². The van der Waals surface area contributed by atoms with Crippen molar-refractivity contribution in [3.63, 3.8) is 0 Å². The second-order valence-corrected chi connectivity index (χ2v) is 8.39. The van der Waals surface area contributed by atoms with Crippen LogP contribution in [0.5, 0.6) is 0 Å². The van der Waals surface area contributed by atoms with E-state index in [2.05, 4.69) is 15.7 Å². The van der Waals surface area contributed by atoms with Crippen LogP contribution >= 0.6 is 0 Å². The molecule has 0 spiro atoms. The third-order valence-electron chi connectivity index (χ3n) is 5.84. The summed E-state index contributed by atoms with van der Waals surface area (Å²) in [5, 5.41) is 31.3. The molecule has 0 radical (unpaired) electrons. The first-order valence-electron chi connectivity index (χ1n) is 10.1. The molecule has 164 valence electrons. The Morgan fingerprint density at radius 3 is 2.68 bits per heavy atom. The number of fused-ring (bicyclic) bond motifs is 1. The number of hydrogen-bond donors (Lipinski definition) is 3. The second-order valence-electron chi connectivity index (χ2n) is 8.39. The topological polar surface area (TPSA) is 143 Å². The summed E-state index contributed by atoms with van der Waals surface area (Å²) < 4.78 is 1.01. The van der Waals surface area contributed by atoms with Crippen LogP contribution < -0.4 is 10.6 Å². The Bertz CT molecular complexity index is 1050. The highest BCUT2D eigenvalue weighted by Crippen LogP contribution is 2.35. The summed E-state index contributed by atoms with van der Waals surface area (Å²) in [6.45, 7) is 5.35. The van der Waals surface area contributed by atoms with E-state index in [9.17, 15) is 24.8 Å². The number of anilines is 1. The van der Waals surface area contributed by atoms with Crippen molar-refractivity contribution in [3.8, 4) is 0 Å². The van der Waals surface area contributed by atoms with E-state index >= 15 is 0 Å². The number of piperidine rings is 1. The second kappa shape index (κ2) is 7.65. The summed E-state index contributed by atoms with van der Waals surface area (Å²) in [4.78, 5) is 36.6. The van der Waals surface area contributed by atoms with Gasteiger partial charge in [-0.3, -0.25) is 14.9 Å². The van der Waals surface area contributed by atoms with Crippen LogP contribution in [-0.4, -0.2) is 55.8 Å². The summed E-state index contributed by atoms with van der Waals surface area (Å²) in [5.74, 6) is 0.329. The predicted octanol–water partition coefficient (Wildman–Crippen LogP) is 2.37. The number of nitro benzene ring substituents is 1. The fraction of sp³-hybridized carbons (Fsp3) is 0.450. The number of carbonyl (C=O) groups excluding carboxylic acids is 1. The summed E-state index contributed by atoms with van der Waals surface area (Å²) in [5.41, 5.74) is 1.27. The highest BCUT2D eigenvalue weighted by Gasteiger charge is 2.39. The number of benzene rings is 1. The third-order valence-corrected chi connectivity index (χ3v) is 5.84. The van der Waals surface area contributed by atoms with E-state index in [1.54, 1.807) is 4.90 Å². The van der Waals surface area contributed by atoms with Gasteiger partial charge in [0.2, 0.25) is 0 Å². The molecule has 1 aromatic heterocycles. The monoisotopic (exact) mass is 428 g/mol. The Hall–Kier alpha value is -3.47. The number of nitrogens with one attached hydrogen (secondary N) is 2. The number of nitro groups is 1. The molecule has 1 saturated heterocycles. The fourth-order valence-electron chi connectivity index (χ4n) is 4.29. The zero-order valence-corrected chi connectivity index (χ0v) is 17.3. The van der Waals surface area contributed by atoms with E-state index < -0.39 is 16.6 Å². The maximum atomic E-state index is 12.9. The van der Waals surface area contributed by atoms with Gasteiger partial charge in [-0.05, 0) is 38.8 Å². The molecule has 3 heterocycles. The minimum Gasteiger partial charge on any atom is -0.463 e. The van der Waals surface area contributed by atoms with Gasteiger partial charge in [-0.15, -0.1) is 5.10 Å². The zero-order chi connectivity index (χ0) is 22.3. The molecule has 31 heavy (non-hydrogen) atoms. The number of likely N-dealkylation sites (tertiary alicyclic amines) is 1. The van der Waals surface area contributed by atoms with Gasteiger partial charge in [0, 0.05) is 48.9 Å². The Kier molecular flexibility index (Phi) is 5.13. The molecule has 1 atom stereocenters. The van der Waals surface area contributed by atoms with E-state index in [-0.39, 0.29) is 17.6 Å². The smallest absolute Gasteiger partial charge is 0.432 e. The molecular formula is C20H24N6O5. The predicted molar refractivity (Wildman–Crippen MR) is 111 cm³/mol. The molecule has 4 rings (SSSR count). The molecule has 2 aliphatic heterocycles. The minimum atomic E-state index is -1.14. The number of non-ortho nitro benzene ring substituents is 1. The van der Waals surface area contributed by atoms with E-state index in [0.29, 0.717) is 36.7 Å². The number of nitrogens with zero attached hydrogens (tertiary/aromatic N) is 4. The molecule has 1 aromatic carbocycles. The van der Waals surface area contributed by atoms with Gasteiger partial charge < -0.3 is 20.6 Å². The average Bonchev–Trinajstić information content (AvgIpc) is 3.26. The summed E-state index contributed by atoms with van der Waals surface area (Å²) in [7, 11) is 0. The third kappa shape index (κ3) is 3.83. The Morgan fingerprint density at radius 1 is 1.32 bits per heavy atom. The largest absolute Gasteiger partial charge is 0.463 e. The van der Waals surface area contributed by atoms with E-state index in [1.807, 2.05) is 13.8 Å². The molecule has 3 N–H and O–H groups in total. The van der Waals surface area contributed by atoms with Crippen LogP contribution in [0, 0.1) is 10.1 Å². The van der Waals surface area contributed by atoms with Gasteiger partial charge in [0.25, 0.3) is 11.6 Å². The highest BCUT2D eigenvalue weighted by molar-refractivity contribution is 5.94. The molecule has 11 heteroatoms. The van der Waals surface area contributed by atoms with Crippen molar-refractivity contribution < 1.29 is 19.6 Å². The lowest BCUT2D eigenvalue weighted by Crippen LogP contribution is -2.45. The van der Waals surface area contributed by atoms with Crippen LogP contribution in [0.25, 0.3) is 0 Å². The minimum absolute atomic E-state index is 0.0610. The molecule has 2 aliphatic rings. The molecule has 0 bridgehead atoms. The molecule has 0 aliphatic carbocycles. The van der Waals surface area contributed by atoms with E-state index in [1.165, 1.54) is 24.3 Å². The van der Waals surface area contributed by atoms with Crippen LogP contribution in [0.2, 0.25) is 0 Å². The lowest BCUT2D eigenvalue weighted by Gasteiger charge is -2.33. The molecule has 0 saturated carbocycles. The van der Waals surface area contributed by atoms with Crippen molar-refractivity contribution in [3.05, 3.63) is 51.2 Å². The highest BCUT2D eigenvalue weighted by atomic mass is 16.6. The molecule has 1 fully saturated rings. The van der Waals surface area contributed by atoms with Crippen molar-refractivity contribution in [2.24, 2.45) is 0 Å². The quantitative estimate of drug-likeness (QED) is 0.498. The lowest BCUT2D eigenvalue weighted by molar-refractivity contribution is -0.384. The Morgan fingerprint density at radius 2 is 2.03 bits per heavy atom. The maximum absolute atomic E-state index is 12.9. The number of aromatic nitrogens is 2. The molecule has 11 nitrogen and oxygen atoms in total. The molecule has 1 amide bonds. The molecule has 1 unspecified atom stereocenters. The van der Waals surface area contributed by atoms with Crippen LogP contribution in [0.15, 0.2) is 24.3 Å². The standard InChI is InChI=1S/C20H24N6O5/c1-20(2)16-15(10-21-20)17(23-25(16)19(28)29)22-13-4-3-9-24(11-13)18(27)12-5-7-14(8-6-12)26(30)31/h5-8,13,21H,3-4,9-11H2,1-2H3,(H,22,23)(H,28,29). The van der Waals surface area contributed by atoms with Crippen molar-refractivity contribution >= 4 is 23.5 Å². The van der Waals surface area contributed by atoms with Crippen molar-refractivity contribution in [2.45, 2.75) is 44.8 Å². The van der Waals surface area contributed by atoms with E-state index in [0.717, 1.165) is 23.1 Å². The maximum Gasteiger partial charge on any atom is 0.432 e. The summed E-state index contributed by atoms with van der Waals surface area (Å²) in [6.07, 6.45) is 0.456. The molecular weight excluding hydrogens is 404 g/mol. The number of carbonyl (C=O) groups is 2. The van der Waals surface area contributed by atoms with Crippen LogP contribution in [0.3, 0.4) is 0 Å². The fourth-order valence-corrected chi connectivity index (χ4v) is 4.29. The summed E-state index contributed by atoms with van der Waals surface area (Å²) >= 11 is 0. The average molecular weight is 428 g/mol. The van der Waals surface area contributed by atoms with Gasteiger partial charge in [0.1, 0.15) is 0 Å². The lowest BCUT2D eigenvalue weighted by atomic mass is 10.0. The van der Waals surface area contributed by atoms with Gasteiger partial charge in [-0.25, -0.2) is 4.79 Å². The van der Waals surface area contributed by atoms with Crippen molar-refractivity contribution in [1.82, 2.24) is 20.0 Å². The molecule has 2 aromatic rings. The first-order chi connectivity index (χ1) is 14.7. The normalized spacial score (nSPS) is 19.7. The Labute approximate surface area is 178 Å². The SMILES string of the molecule is CC1(C)NCc2c(NC3CCCN(C(=O)c4ccc([N+](=O)[O-])cc4)C3)nn(C(=O)O)c21. The van der Waals surface area contributed by atoms with Gasteiger partial charge in [-0.1, -0.05) is 0 Å². The Balaban J connectivity index is 1.50. The van der Waals surface area contributed by atoms with Gasteiger partial charge >= 0.3 is 6.09 Å². The van der Waals surface area contributed by atoms with Gasteiger partial charge in [0.05, 0.1) is 16.2 Å². The zero-order valence-electron chi connectivity index (χ0n) is 17.3. The van der Waals surface area contributed by atoms with Crippen LogP contribution in [-0.2, 0) is 12.1 Å². The van der Waals surface area contributed by atoms with Crippen LogP contribution in [0.4, 0.5) is 16.3 Å². The summed E-state index contributed by atoms with van der Waals surface area (Å²) in [6, 6.07) is 5.49. The first-order valence-corrected chi connectivity index (χ1v) is 10.1. The van der Waals surface area contributed by atoms with Crippen molar-refractivity contribution in [1.29, 1.82) is 0 Å². The number of carboxylic acid groups (broad SMARTS) is 1. The van der Waals surface area contributed by atoms with E-state index in [4.69, 9.17) is 0 Å².